The molecule has 3 rings (SSSR count). The Morgan fingerprint density at radius 2 is 1.97 bits per heavy atom. The van der Waals surface area contributed by atoms with Gasteiger partial charge in [0.1, 0.15) is 11.5 Å². The van der Waals surface area contributed by atoms with Crippen LogP contribution in [-0.2, 0) is 17.9 Å². The van der Waals surface area contributed by atoms with Crippen LogP contribution >= 0.6 is 0 Å². The molecule has 0 saturated heterocycles. The fraction of sp³-hybridized carbons (Fsp3) is 0.174. The van der Waals surface area contributed by atoms with Gasteiger partial charge in [-0.15, -0.1) is 0 Å². The maximum atomic E-state index is 12.5. The van der Waals surface area contributed by atoms with Crippen molar-refractivity contribution in [3.8, 4) is 0 Å². The number of fused-ring (bicyclic) bond motifs is 1. The first-order valence-electron chi connectivity index (χ1n) is 9.57. The molecule has 0 radical (unpaired) electrons. The van der Waals surface area contributed by atoms with Gasteiger partial charge in [-0.2, -0.15) is 5.10 Å². The summed E-state index contributed by atoms with van der Waals surface area (Å²) in [5.41, 5.74) is 15.5. The lowest BCUT2D eigenvalue weighted by atomic mass is 10.0. The molecule has 2 aromatic carbocycles. The number of anilines is 1. The number of rotatable bonds is 7. The third kappa shape index (κ3) is 4.75. The van der Waals surface area contributed by atoms with E-state index in [1.54, 1.807) is 11.1 Å². The van der Waals surface area contributed by atoms with Crippen molar-refractivity contribution in [2.75, 3.05) is 5.73 Å². The van der Waals surface area contributed by atoms with Crippen LogP contribution in [0.25, 0.3) is 10.8 Å². The highest BCUT2D eigenvalue weighted by atomic mass is 16.2. The van der Waals surface area contributed by atoms with Crippen LogP contribution in [-0.4, -0.2) is 22.6 Å². The fourth-order valence-electron chi connectivity index (χ4n) is 3.39. The Balaban J connectivity index is 1.71. The molecular formula is C23H26N6O. The van der Waals surface area contributed by atoms with Crippen molar-refractivity contribution in [3.63, 3.8) is 0 Å². The summed E-state index contributed by atoms with van der Waals surface area (Å²) in [5.74, 6) is 0.0674. The van der Waals surface area contributed by atoms with E-state index < -0.39 is 5.91 Å². The molecule has 0 bridgehead atoms. The molecule has 0 atom stereocenters. The number of aromatic nitrogens is 1. The van der Waals surface area contributed by atoms with Gasteiger partial charge in [-0.25, -0.2) is 4.98 Å². The van der Waals surface area contributed by atoms with Crippen molar-refractivity contribution in [1.82, 2.24) is 15.3 Å². The first-order valence-corrected chi connectivity index (χ1v) is 9.57. The number of nitrogens with two attached hydrogens (primary N) is 2. The smallest absolute Gasteiger partial charge is 0.269 e. The van der Waals surface area contributed by atoms with E-state index in [1.165, 1.54) is 6.20 Å². The van der Waals surface area contributed by atoms with E-state index >= 15 is 0 Å². The van der Waals surface area contributed by atoms with Crippen LogP contribution < -0.4 is 16.8 Å². The second-order valence-electron chi connectivity index (χ2n) is 7.07. The SMILES string of the molecule is C=NN(/C=C(\N)C(=O)NCc1c(C)cc(N)nc1C)Cc1cccc2ccccc12. The number of nitrogen functional groups attached to an aromatic ring is 1. The predicted molar refractivity (Wildman–Crippen MR) is 121 cm³/mol. The molecule has 0 fully saturated rings. The summed E-state index contributed by atoms with van der Waals surface area (Å²) in [7, 11) is 0. The van der Waals surface area contributed by atoms with Gasteiger partial charge >= 0.3 is 0 Å². The fourth-order valence-corrected chi connectivity index (χ4v) is 3.39. The minimum Gasteiger partial charge on any atom is -0.393 e. The summed E-state index contributed by atoms with van der Waals surface area (Å²) >= 11 is 0. The molecule has 7 nitrogen and oxygen atoms in total. The summed E-state index contributed by atoms with van der Waals surface area (Å²) in [6.45, 7) is 8.14. The molecule has 0 aliphatic heterocycles. The largest absolute Gasteiger partial charge is 0.393 e. The van der Waals surface area contributed by atoms with Crippen LogP contribution in [0.4, 0.5) is 5.82 Å². The number of nitrogens with one attached hydrogen (secondary N) is 1. The highest BCUT2D eigenvalue weighted by molar-refractivity contribution is 5.92. The summed E-state index contributed by atoms with van der Waals surface area (Å²) in [6.07, 6.45) is 1.49. The minimum atomic E-state index is -0.391. The average molecular weight is 403 g/mol. The summed E-state index contributed by atoms with van der Waals surface area (Å²) in [5, 5.41) is 10.6. The molecule has 0 spiro atoms. The zero-order valence-corrected chi connectivity index (χ0v) is 17.2. The first-order chi connectivity index (χ1) is 14.4. The van der Waals surface area contributed by atoms with Crippen LogP contribution in [0.5, 0.6) is 0 Å². The van der Waals surface area contributed by atoms with Gasteiger partial charge in [-0.3, -0.25) is 9.80 Å². The molecule has 30 heavy (non-hydrogen) atoms. The van der Waals surface area contributed by atoms with Crippen molar-refractivity contribution in [1.29, 1.82) is 0 Å². The molecule has 154 valence electrons. The second kappa shape index (κ2) is 9.09. The molecule has 5 N–H and O–H groups in total. The average Bonchev–Trinajstić information content (AvgIpc) is 2.72. The van der Waals surface area contributed by atoms with Gasteiger partial charge in [-0.1, -0.05) is 42.5 Å². The van der Waals surface area contributed by atoms with Crippen molar-refractivity contribution < 1.29 is 4.79 Å². The Morgan fingerprint density at radius 1 is 1.23 bits per heavy atom. The highest BCUT2D eigenvalue weighted by Crippen LogP contribution is 2.20. The number of hydrogen-bond donors (Lipinski definition) is 3. The third-order valence-corrected chi connectivity index (χ3v) is 4.94. The van der Waals surface area contributed by atoms with Gasteiger partial charge in [0.25, 0.3) is 5.91 Å². The maximum Gasteiger partial charge on any atom is 0.269 e. The van der Waals surface area contributed by atoms with Crippen molar-refractivity contribution in [2.45, 2.75) is 26.9 Å². The molecule has 1 aromatic heterocycles. The Bertz CT molecular complexity index is 1090. The van der Waals surface area contributed by atoms with Gasteiger partial charge in [0, 0.05) is 19.0 Å². The van der Waals surface area contributed by atoms with Crippen molar-refractivity contribution in [3.05, 3.63) is 82.8 Å². The quantitative estimate of drug-likeness (QED) is 0.320. The van der Waals surface area contributed by atoms with E-state index in [-0.39, 0.29) is 5.70 Å². The Morgan fingerprint density at radius 3 is 2.70 bits per heavy atom. The van der Waals surface area contributed by atoms with Gasteiger partial charge in [0.15, 0.2) is 0 Å². The van der Waals surface area contributed by atoms with Crippen LogP contribution in [0.3, 0.4) is 0 Å². The van der Waals surface area contributed by atoms with Gasteiger partial charge in [0.05, 0.1) is 12.7 Å². The summed E-state index contributed by atoms with van der Waals surface area (Å²) < 4.78 is 0. The topological polar surface area (TPSA) is 110 Å². The molecule has 0 aliphatic rings. The van der Waals surface area contributed by atoms with Gasteiger partial charge < -0.3 is 16.8 Å². The zero-order valence-electron chi connectivity index (χ0n) is 17.2. The van der Waals surface area contributed by atoms with Crippen molar-refractivity contribution >= 4 is 29.2 Å². The van der Waals surface area contributed by atoms with Crippen molar-refractivity contribution in [2.24, 2.45) is 10.8 Å². The number of hydrazone groups is 1. The number of carbonyl (C=O) groups is 1. The first kappa shape index (κ1) is 20.9. The molecule has 7 heteroatoms. The van der Waals surface area contributed by atoms with E-state index in [1.807, 2.05) is 38.1 Å². The van der Waals surface area contributed by atoms with E-state index in [9.17, 15) is 4.79 Å². The van der Waals surface area contributed by atoms with E-state index in [0.29, 0.717) is 18.9 Å². The molecule has 0 saturated carbocycles. The van der Waals surface area contributed by atoms with Crippen LogP contribution in [0, 0.1) is 13.8 Å². The maximum absolute atomic E-state index is 12.5. The van der Waals surface area contributed by atoms with E-state index in [2.05, 4.69) is 40.3 Å². The molecule has 1 amide bonds. The highest BCUT2D eigenvalue weighted by Gasteiger charge is 2.11. The Kier molecular flexibility index (Phi) is 6.32. The predicted octanol–water partition coefficient (Wildman–Crippen LogP) is 2.97. The van der Waals surface area contributed by atoms with Crippen LogP contribution in [0.1, 0.15) is 22.4 Å². The molecule has 0 aliphatic carbocycles. The lowest BCUT2D eigenvalue weighted by Gasteiger charge is -2.17. The van der Waals surface area contributed by atoms with Gasteiger partial charge in [0.2, 0.25) is 0 Å². The number of carbonyl (C=O) groups excluding carboxylic acids is 1. The number of nitrogens with zero attached hydrogens (tertiary/aromatic N) is 3. The van der Waals surface area contributed by atoms with E-state index in [0.717, 1.165) is 33.2 Å². The molecule has 1 heterocycles. The van der Waals surface area contributed by atoms with Gasteiger partial charge in [-0.05, 0) is 47.4 Å². The van der Waals surface area contributed by atoms with Crippen LogP contribution in [0.2, 0.25) is 0 Å². The molecular weight excluding hydrogens is 376 g/mol. The number of amides is 1. The number of aryl methyl sites for hydroxylation is 2. The number of benzene rings is 2. The number of hydrogen-bond acceptors (Lipinski definition) is 6. The second-order valence-corrected chi connectivity index (χ2v) is 7.07. The number of pyridine rings is 1. The normalized spacial score (nSPS) is 11.3. The minimum absolute atomic E-state index is 0.0429. The third-order valence-electron chi connectivity index (χ3n) is 4.94. The van der Waals surface area contributed by atoms with Crippen LogP contribution in [0.15, 0.2) is 65.5 Å². The Hall–Kier alpha value is -3.87. The lowest BCUT2D eigenvalue weighted by molar-refractivity contribution is -0.117. The lowest BCUT2D eigenvalue weighted by Crippen LogP contribution is -2.30. The molecule has 0 unspecified atom stereocenters. The summed E-state index contributed by atoms with van der Waals surface area (Å²) in [4.78, 5) is 16.7. The monoisotopic (exact) mass is 402 g/mol. The zero-order chi connectivity index (χ0) is 21.7. The Labute approximate surface area is 176 Å². The summed E-state index contributed by atoms with van der Waals surface area (Å²) in [6, 6.07) is 15.9. The standard InChI is InChI=1S/C23H26N6O/c1-15-11-22(25)28-16(2)20(15)12-27-23(30)21(24)14-29(26-3)13-18-9-6-8-17-7-4-5-10-19(17)18/h4-11,14H,3,12-13,24H2,1-2H3,(H2,25,28)(H,27,30)/b21-14-. The van der Waals surface area contributed by atoms with E-state index in [4.69, 9.17) is 11.5 Å². The molecule has 3 aromatic rings.